The third kappa shape index (κ3) is 19.9. The minimum Gasteiger partial charge on any atom is -0.337 e. The lowest BCUT2D eigenvalue weighted by molar-refractivity contribution is 0.534. The van der Waals surface area contributed by atoms with Gasteiger partial charge in [-0.15, -0.1) is 0 Å². The summed E-state index contributed by atoms with van der Waals surface area (Å²) in [5.74, 6) is 0. The van der Waals surface area contributed by atoms with Crippen molar-refractivity contribution in [1.82, 2.24) is 19.1 Å². The highest BCUT2D eigenvalue weighted by Gasteiger charge is 1.95. The molecule has 0 aromatic carbocycles. The van der Waals surface area contributed by atoms with Crippen LogP contribution in [0.2, 0.25) is 0 Å². The molecule has 2 aromatic heterocycles. The van der Waals surface area contributed by atoms with Crippen LogP contribution < -0.4 is 0 Å². The Labute approximate surface area is 212 Å². The molecule has 4 nitrogen and oxygen atoms in total. The highest BCUT2D eigenvalue weighted by Crippen LogP contribution is 2.12. The highest BCUT2D eigenvalue weighted by atomic mass is 15.0. The van der Waals surface area contributed by atoms with Crippen LogP contribution in [0.25, 0.3) is 0 Å². The number of aromatic nitrogens is 4. The van der Waals surface area contributed by atoms with Crippen molar-refractivity contribution in [3.05, 3.63) is 37.4 Å². The van der Waals surface area contributed by atoms with Gasteiger partial charge in [0.2, 0.25) is 0 Å². The molecule has 0 aliphatic rings. The summed E-state index contributed by atoms with van der Waals surface area (Å²) in [5.41, 5.74) is 0. The molecular weight excluding hydrogens is 416 g/mol. The van der Waals surface area contributed by atoms with Gasteiger partial charge in [-0.2, -0.15) is 0 Å². The predicted molar refractivity (Wildman–Crippen MR) is 148 cm³/mol. The lowest BCUT2D eigenvalue weighted by Crippen LogP contribution is -1.93. The predicted octanol–water partition coefficient (Wildman–Crippen LogP) is 9.61. The van der Waals surface area contributed by atoms with E-state index in [1.54, 1.807) is 0 Å². The monoisotopic (exact) mass is 472 g/mol. The second-order valence-electron chi connectivity index (χ2n) is 9.96. The smallest absolute Gasteiger partial charge is 0.0945 e. The van der Waals surface area contributed by atoms with Crippen LogP contribution in [0.1, 0.15) is 142 Å². The molecule has 2 rings (SSSR count). The SMILES string of the molecule is CCCCCCCCCCCCn1ccnc1.CCCCCCCCCCCCn1ccnc1. The number of unbranched alkanes of at least 4 members (excludes halogenated alkanes) is 18. The molecule has 0 amide bonds. The largest absolute Gasteiger partial charge is 0.337 e. The summed E-state index contributed by atoms with van der Waals surface area (Å²) < 4.78 is 4.34. The van der Waals surface area contributed by atoms with E-state index in [0.717, 1.165) is 13.1 Å². The average molecular weight is 473 g/mol. The molecule has 0 atom stereocenters. The number of hydrogen-bond acceptors (Lipinski definition) is 2. The maximum Gasteiger partial charge on any atom is 0.0945 e. The van der Waals surface area contributed by atoms with E-state index in [1.165, 1.54) is 128 Å². The van der Waals surface area contributed by atoms with Crippen molar-refractivity contribution in [1.29, 1.82) is 0 Å². The Morgan fingerprint density at radius 2 is 0.706 bits per heavy atom. The first-order valence-corrected chi connectivity index (χ1v) is 14.8. The molecule has 4 heteroatoms. The van der Waals surface area contributed by atoms with E-state index in [9.17, 15) is 0 Å². The van der Waals surface area contributed by atoms with E-state index >= 15 is 0 Å². The molecule has 0 unspecified atom stereocenters. The summed E-state index contributed by atoms with van der Waals surface area (Å²) in [4.78, 5) is 8.10. The fraction of sp³-hybridized carbons (Fsp3) is 0.800. The van der Waals surface area contributed by atoms with E-state index in [0.29, 0.717) is 0 Å². The van der Waals surface area contributed by atoms with Gasteiger partial charge in [-0.05, 0) is 12.8 Å². The second kappa shape index (κ2) is 24.5. The Balaban J connectivity index is 0.000000340. The highest BCUT2D eigenvalue weighted by molar-refractivity contribution is 4.74. The summed E-state index contributed by atoms with van der Waals surface area (Å²) >= 11 is 0. The van der Waals surface area contributed by atoms with Crippen LogP contribution >= 0.6 is 0 Å². The third-order valence-electron chi connectivity index (χ3n) is 6.66. The van der Waals surface area contributed by atoms with Gasteiger partial charge < -0.3 is 9.13 Å². The standard InChI is InChI=1S/2C15H28N2/c2*1-2-3-4-5-6-7-8-9-10-11-13-17-14-12-16-15-17/h2*12,14-15H,2-11,13H2,1H3. The quantitative estimate of drug-likeness (QED) is 0.160. The molecule has 0 aliphatic heterocycles. The van der Waals surface area contributed by atoms with Gasteiger partial charge in [0.25, 0.3) is 0 Å². The van der Waals surface area contributed by atoms with Crippen molar-refractivity contribution < 1.29 is 0 Å². The zero-order chi connectivity index (χ0) is 24.4. The molecule has 196 valence electrons. The average Bonchev–Trinajstić information content (AvgIpc) is 3.56. The minimum atomic E-state index is 1.14. The molecule has 2 aromatic rings. The van der Waals surface area contributed by atoms with Crippen LogP contribution in [0.3, 0.4) is 0 Å². The molecule has 0 bridgehead atoms. The number of rotatable bonds is 22. The third-order valence-corrected chi connectivity index (χ3v) is 6.66. The fourth-order valence-electron chi connectivity index (χ4n) is 4.40. The van der Waals surface area contributed by atoms with Gasteiger partial charge in [-0.3, -0.25) is 0 Å². The van der Waals surface area contributed by atoms with Crippen LogP contribution in [0, 0.1) is 0 Å². The maximum atomic E-state index is 4.05. The minimum absolute atomic E-state index is 1.14. The summed E-state index contributed by atoms with van der Waals surface area (Å²) in [6.45, 7) is 6.83. The van der Waals surface area contributed by atoms with Gasteiger partial charge >= 0.3 is 0 Å². The van der Waals surface area contributed by atoms with Gasteiger partial charge in [-0.1, -0.05) is 129 Å². The molecule has 0 N–H and O–H groups in total. The summed E-state index contributed by atoms with van der Waals surface area (Å²) in [5, 5.41) is 0. The van der Waals surface area contributed by atoms with Gasteiger partial charge in [-0.25, -0.2) is 9.97 Å². The van der Waals surface area contributed by atoms with Gasteiger partial charge in [0.05, 0.1) is 12.7 Å². The Bertz CT molecular complexity index is 537. The molecule has 0 spiro atoms. The second-order valence-corrected chi connectivity index (χ2v) is 9.96. The van der Waals surface area contributed by atoms with Crippen LogP contribution in [-0.2, 0) is 13.1 Å². The van der Waals surface area contributed by atoms with Crippen molar-refractivity contribution in [3.8, 4) is 0 Å². The summed E-state index contributed by atoms with van der Waals surface area (Å²) in [6, 6.07) is 0. The lowest BCUT2D eigenvalue weighted by Gasteiger charge is -2.03. The summed E-state index contributed by atoms with van der Waals surface area (Å²) in [7, 11) is 0. The van der Waals surface area contributed by atoms with Crippen LogP contribution in [0.5, 0.6) is 0 Å². The first kappa shape index (κ1) is 30.5. The van der Waals surface area contributed by atoms with E-state index < -0.39 is 0 Å². The molecule has 34 heavy (non-hydrogen) atoms. The molecule has 0 radical (unpaired) electrons. The van der Waals surface area contributed by atoms with E-state index in [2.05, 4.69) is 32.9 Å². The van der Waals surface area contributed by atoms with Gasteiger partial charge in [0, 0.05) is 37.9 Å². The number of hydrogen-bond donors (Lipinski definition) is 0. The molecule has 2 heterocycles. The normalized spacial score (nSPS) is 10.9. The zero-order valence-corrected chi connectivity index (χ0v) is 22.8. The maximum absolute atomic E-state index is 4.05. The van der Waals surface area contributed by atoms with E-state index in [-0.39, 0.29) is 0 Å². The molecule has 0 fully saturated rings. The van der Waals surface area contributed by atoms with E-state index in [1.807, 2.05) is 37.4 Å². The molecule has 0 saturated carbocycles. The van der Waals surface area contributed by atoms with E-state index in [4.69, 9.17) is 0 Å². The van der Waals surface area contributed by atoms with Crippen molar-refractivity contribution in [2.75, 3.05) is 0 Å². The van der Waals surface area contributed by atoms with Crippen LogP contribution in [0.4, 0.5) is 0 Å². The summed E-state index contributed by atoms with van der Waals surface area (Å²) in [6.07, 6.45) is 39.7. The molecule has 0 saturated heterocycles. The Morgan fingerprint density at radius 1 is 0.412 bits per heavy atom. The molecule has 0 aliphatic carbocycles. The van der Waals surface area contributed by atoms with Crippen molar-refractivity contribution in [2.45, 2.75) is 155 Å². The van der Waals surface area contributed by atoms with Crippen molar-refractivity contribution in [3.63, 3.8) is 0 Å². The van der Waals surface area contributed by atoms with Crippen LogP contribution in [0.15, 0.2) is 37.4 Å². The van der Waals surface area contributed by atoms with Gasteiger partial charge in [0.1, 0.15) is 0 Å². The Morgan fingerprint density at radius 3 is 0.971 bits per heavy atom. The zero-order valence-electron chi connectivity index (χ0n) is 22.8. The van der Waals surface area contributed by atoms with Crippen molar-refractivity contribution in [2.24, 2.45) is 0 Å². The number of aryl methyl sites for hydroxylation is 2. The van der Waals surface area contributed by atoms with Crippen LogP contribution in [-0.4, -0.2) is 19.1 Å². The number of nitrogens with zero attached hydrogens (tertiary/aromatic N) is 4. The first-order valence-electron chi connectivity index (χ1n) is 14.8. The Hall–Kier alpha value is -1.58. The van der Waals surface area contributed by atoms with Crippen molar-refractivity contribution >= 4 is 0 Å². The Kier molecular flexibility index (Phi) is 22.0. The topological polar surface area (TPSA) is 35.6 Å². The molecular formula is C30H56N4. The number of imidazole rings is 2. The van der Waals surface area contributed by atoms with Gasteiger partial charge in [0.15, 0.2) is 0 Å². The first-order chi connectivity index (χ1) is 16.9. The lowest BCUT2D eigenvalue weighted by atomic mass is 10.1. The fourth-order valence-corrected chi connectivity index (χ4v) is 4.40.